The van der Waals surface area contributed by atoms with E-state index in [2.05, 4.69) is 26.0 Å². The Morgan fingerprint density at radius 3 is 2.72 bits per heavy atom. The second kappa shape index (κ2) is 3.84. The summed E-state index contributed by atoms with van der Waals surface area (Å²) in [6.45, 7) is 0. The Labute approximate surface area is 112 Å². The lowest BCUT2D eigenvalue weighted by molar-refractivity contribution is 0.779. The van der Waals surface area contributed by atoms with Gasteiger partial charge in [0, 0.05) is 18.6 Å². The Morgan fingerprint density at radius 1 is 1.28 bits per heavy atom. The molecule has 0 spiro atoms. The molecule has 1 aromatic carbocycles. The van der Waals surface area contributed by atoms with Crippen LogP contribution in [0.15, 0.2) is 28.9 Å². The van der Waals surface area contributed by atoms with Gasteiger partial charge in [0.1, 0.15) is 11.6 Å². The molecule has 2 heterocycles. The average molecular weight is 306 g/mol. The Morgan fingerprint density at radius 2 is 2.06 bits per heavy atom. The van der Waals surface area contributed by atoms with Gasteiger partial charge in [0.25, 0.3) is 0 Å². The van der Waals surface area contributed by atoms with Crippen molar-refractivity contribution in [3.8, 4) is 11.4 Å². The number of imidazole rings is 1. The number of nitrogens with two attached hydrogens (primary N) is 1. The maximum absolute atomic E-state index is 5.99. The Bertz CT molecular complexity index is 740. The number of halogens is 1. The second-order valence-corrected chi connectivity index (χ2v) is 5.11. The minimum Gasteiger partial charge on any atom is -0.383 e. The number of aryl methyl sites for hydroxylation is 2. The third-order valence-corrected chi connectivity index (χ3v) is 3.56. The van der Waals surface area contributed by atoms with Gasteiger partial charge < -0.3 is 10.3 Å². The van der Waals surface area contributed by atoms with Crippen molar-refractivity contribution in [3.05, 3.63) is 28.9 Å². The molecule has 2 aromatic heterocycles. The minimum absolute atomic E-state index is 0.618. The quantitative estimate of drug-likeness (QED) is 0.750. The van der Waals surface area contributed by atoms with Crippen LogP contribution >= 0.6 is 15.9 Å². The fourth-order valence-electron chi connectivity index (χ4n) is 2.03. The monoisotopic (exact) mass is 305 g/mol. The molecule has 3 rings (SSSR count). The van der Waals surface area contributed by atoms with E-state index in [1.807, 2.05) is 36.9 Å². The van der Waals surface area contributed by atoms with Crippen molar-refractivity contribution in [1.29, 1.82) is 0 Å². The third-order valence-electron chi connectivity index (χ3n) is 3.07. The summed E-state index contributed by atoms with van der Waals surface area (Å²) in [6.07, 6.45) is 1.74. The molecule has 0 aliphatic heterocycles. The van der Waals surface area contributed by atoms with Crippen LogP contribution in [0.5, 0.6) is 0 Å². The number of hydrogen-bond donors (Lipinski definition) is 1. The molecule has 0 bridgehead atoms. The number of anilines is 1. The van der Waals surface area contributed by atoms with E-state index in [1.54, 1.807) is 10.9 Å². The zero-order chi connectivity index (χ0) is 12.9. The molecule has 0 amide bonds. The zero-order valence-electron chi connectivity index (χ0n) is 10.1. The molecule has 0 aliphatic rings. The first-order chi connectivity index (χ1) is 8.58. The third kappa shape index (κ3) is 1.53. The molecule has 3 aromatic rings. The summed E-state index contributed by atoms with van der Waals surface area (Å²) >= 11 is 3.45. The van der Waals surface area contributed by atoms with Gasteiger partial charge in [-0.25, -0.2) is 4.98 Å². The largest absolute Gasteiger partial charge is 0.383 e. The highest BCUT2D eigenvalue weighted by Gasteiger charge is 2.15. The van der Waals surface area contributed by atoms with E-state index in [0.29, 0.717) is 5.82 Å². The van der Waals surface area contributed by atoms with Gasteiger partial charge in [0.05, 0.1) is 22.8 Å². The Balaban J connectivity index is 2.30. The Kier molecular flexibility index (Phi) is 2.41. The van der Waals surface area contributed by atoms with E-state index in [0.717, 1.165) is 26.9 Å². The highest BCUT2D eigenvalue weighted by Crippen LogP contribution is 2.28. The zero-order valence-corrected chi connectivity index (χ0v) is 11.6. The number of rotatable bonds is 1. The lowest BCUT2D eigenvalue weighted by Crippen LogP contribution is -2.00. The summed E-state index contributed by atoms with van der Waals surface area (Å²) in [6, 6.07) is 6.02. The number of nitrogens with zero attached hydrogens (tertiary/aromatic N) is 4. The molecule has 0 saturated heterocycles. The number of aromatic nitrogens is 4. The molecular weight excluding hydrogens is 294 g/mol. The molecule has 0 saturated carbocycles. The van der Waals surface area contributed by atoms with E-state index in [4.69, 9.17) is 5.73 Å². The van der Waals surface area contributed by atoms with E-state index >= 15 is 0 Å². The smallest absolute Gasteiger partial charge is 0.146 e. The molecule has 0 aliphatic carbocycles. The van der Waals surface area contributed by atoms with Gasteiger partial charge in [0.2, 0.25) is 0 Å². The van der Waals surface area contributed by atoms with Crippen LogP contribution in [0, 0.1) is 0 Å². The van der Waals surface area contributed by atoms with Crippen LogP contribution in [0.3, 0.4) is 0 Å². The van der Waals surface area contributed by atoms with Crippen molar-refractivity contribution in [2.24, 2.45) is 14.1 Å². The number of nitrogen functional groups attached to an aromatic ring is 1. The van der Waals surface area contributed by atoms with Gasteiger partial charge in [0.15, 0.2) is 0 Å². The van der Waals surface area contributed by atoms with Crippen LogP contribution in [0.2, 0.25) is 0 Å². The van der Waals surface area contributed by atoms with Crippen LogP contribution in [-0.4, -0.2) is 19.3 Å². The molecule has 0 fully saturated rings. The van der Waals surface area contributed by atoms with Gasteiger partial charge in [-0.2, -0.15) is 5.10 Å². The highest BCUT2D eigenvalue weighted by atomic mass is 79.9. The maximum Gasteiger partial charge on any atom is 0.146 e. The Hall–Kier alpha value is -1.82. The van der Waals surface area contributed by atoms with Gasteiger partial charge in [-0.1, -0.05) is 15.9 Å². The van der Waals surface area contributed by atoms with E-state index in [9.17, 15) is 0 Å². The van der Waals surface area contributed by atoms with Gasteiger partial charge in [-0.15, -0.1) is 0 Å². The predicted molar refractivity (Wildman–Crippen MR) is 75.0 cm³/mol. The summed E-state index contributed by atoms with van der Waals surface area (Å²) in [4.78, 5) is 4.62. The standard InChI is InChI=1S/C12H12BrN5/c1-17-10-4-3-7(13)5-9(10)16-12(17)8-6-15-18(2)11(8)14/h3-6H,14H2,1-2H3. The van der Waals surface area contributed by atoms with Crippen LogP contribution in [0.4, 0.5) is 5.82 Å². The lowest BCUT2D eigenvalue weighted by Gasteiger charge is -2.01. The molecule has 5 nitrogen and oxygen atoms in total. The molecule has 0 unspecified atom stereocenters. The molecule has 2 N–H and O–H groups in total. The van der Waals surface area contributed by atoms with Crippen molar-refractivity contribution >= 4 is 32.8 Å². The SMILES string of the molecule is Cn1ncc(-c2nc3cc(Br)ccc3n2C)c1N. The fourth-order valence-corrected chi connectivity index (χ4v) is 2.38. The van der Waals surface area contributed by atoms with Crippen LogP contribution in [-0.2, 0) is 14.1 Å². The summed E-state index contributed by atoms with van der Waals surface area (Å²) in [7, 11) is 3.79. The van der Waals surface area contributed by atoms with Gasteiger partial charge in [-0.05, 0) is 18.2 Å². The summed E-state index contributed by atoms with van der Waals surface area (Å²) in [5.74, 6) is 1.45. The number of benzene rings is 1. The van der Waals surface area contributed by atoms with Crippen LogP contribution < -0.4 is 5.73 Å². The predicted octanol–water partition coefficient (Wildman–Crippen LogP) is 2.32. The molecule has 6 heteroatoms. The molecular formula is C12H12BrN5. The van der Waals surface area contributed by atoms with E-state index in [1.165, 1.54) is 0 Å². The summed E-state index contributed by atoms with van der Waals surface area (Å²) < 4.78 is 4.68. The first-order valence-corrected chi connectivity index (χ1v) is 6.27. The summed E-state index contributed by atoms with van der Waals surface area (Å²) in [5, 5.41) is 4.15. The minimum atomic E-state index is 0.618. The van der Waals surface area contributed by atoms with Crippen molar-refractivity contribution < 1.29 is 0 Å². The van der Waals surface area contributed by atoms with Gasteiger partial charge >= 0.3 is 0 Å². The van der Waals surface area contributed by atoms with Crippen molar-refractivity contribution in [1.82, 2.24) is 19.3 Å². The van der Waals surface area contributed by atoms with Crippen molar-refractivity contribution in [2.45, 2.75) is 0 Å². The number of fused-ring (bicyclic) bond motifs is 1. The van der Waals surface area contributed by atoms with E-state index in [-0.39, 0.29) is 0 Å². The lowest BCUT2D eigenvalue weighted by atomic mass is 10.3. The topological polar surface area (TPSA) is 61.7 Å². The first kappa shape index (κ1) is 11.3. The molecule has 92 valence electrons. The maximum atomic E-state index is 5.99. The molecule has 18 heavy (non-hydrogen) atoms. The molecule has 0 radical (unpaired) electrons. The average Bonchev–Trinajstić information content (AvgIpc) is 2.82. The van der Waals surface area contributed by atoms with E-state index < -0.39 is 0 Å². The highest BCUT2D eigenvalue weighted by molar-refractivity contribution is 9.10. The number of hydrogen-bond acceptors (Lipinski definition) is 3. The van der Waals surface area contributed by atoms with Gasteiger partial charge in [-0.3, -0.25) is 4.68 Å². The van der Waals surface area contributed by atoms with Crippen molar-refractivity contribution in [3.63, 3.8) is 0 Å². The second-order valence-electron chi connectivity index (χ2n) is 4.19. The van der Waals surface area contributed by atoms with Crippen LogP contribution in [0.25, 0.3) is 22.4 Å². The first-order valence-electron chi connectivity index (χ1n) is 5.48. The van der Waals surface area contributed by atoms with Crippen LogP contribution in [0.1, 0.15) is 0 Å². The van der Waals surface area contributed by atoms with Crippen molar-refractivity contribution in [2.75, 3.05) is 5.73 Å². The molecule has 0 atom stereocenters. The fraction of sp³-hybridized carbons (Fsp3) is 0.167. The normalized spacial score (nSPS) is 11.3. The summed E-state index contributed by atoms with van der Waals surface area (Å²) in [5.41, 5.74) is 8.85.